The zero-order valence-electron chi connectivity index (χ0n) is 12.0. The average molecular weight is 281 g/mol. The number of piperazine rings is 1. The quantitative estimate of drug-likeness (QED) is 0.856. The van der Waals surface area contributed by atoms with Crippen LogP contribution < -0.4 is 5.73 Å². The fraction of sp³-hybridized carbons (Fsp3) is 0.692. The van der Waals surface area contributed by atoms with Crippen LogP contribution in [0, 0.1) is 0 Å². The van der Waals surface area contributed by atoms with Gasteiger partial charge in [0.15, 0.2) is 0 Å². The minimum absolute atomic E-state index is 0.195. The first-order valence-electron chi connectivity index (χ1n) is 7.12. The van der Waals surface area contributed by atoms with Crippen LogP contribution in [0.3, 0.4) is 0 Å². The molecule has 7 nitrogen and oxygen atoms in total. The van der Waals surface area contributed by atoms with Crippen LogP contribution in [0.4, 0.5) is 10.6 Å². The number of nitrogen functional groups attached to an aromatic ring is 1. The average Bonchev–Trinajstić information content (AvgIpc) is 2.85. The minimum atomic E-state index is -0.195. The third kappa shape index (κ3) is 4.12. The molecule has 112 valence electrons. The number of rotatable bonds is 5. The minimum Gasteiger partial charge on any atom is -0.450 e. The molecule has 7 heteroatoms. The van der Waals surface area contributed by atoms with Gasteiger partial charge in [-0.15, -0.1) is 0 Å². The number of nitrogens with two attached hydrogens (primary N) is 1. The van der Waals surface area contributed by atoms with Crippen molar-refractivity contribution in [2.24, 2.45) is 0 Å². The number of hydrogen-bond donors (Lipinski definition) is 1. The number of aryl methyl sites for hydroxylation is 1. The first kappa shape index (κ1) is 14.6. The smallest absolute Gasteiger partial charge is 0.409 e. The van der Waals surface area contributed by atoms with Crippen LogP contribution >= 0.6 is 0 Å². The van der Waals surface area contributed by atoms with E-state index in [1.807, 2.05) is 17.8 Å². The molecular formula is C13H23N5O2. The van der Waals surface area contributed by atoms with Crippen molar-refractivity contribution in [2.45, 2.75) is 19.9 Å². The maximum absolute atomic E-state index is 11.6. The van der Waals surface area contributed by atoms with E-state index >= 15 is 0 Å². The maximum atomic E-state index is 11.6. The first-order valence-corrected chi connectivity index (χ1v) is 7.12. The Bertz CT molecular complexity index is 426. The molecule has 0 atom stereocenters. The Morgan fingerprint density at radius 3 is 2.70 bits per heavy atom. The normalized spacial score (nSPS) is 16.4. The highest BCUT2D eigenvalue weighted by Crippen LogP contribution is 2.05. The van der Waals surface area contributed by atoms with E-state index in [9.17, 15) is 4.79 Å². The molecule has 0 spiro atoms. The monoisotopic (exact) mass is 281 g/mol. The van der Waals surface area contributed by atoms with Gasteiger partial charge in [-0.1, -0.05) is 0 Å². The summed E-state index contributed by atoms with van der Waals surface area (Å²) in [5, 5.41) is 4.16. The van der Waals surface area contributed by atoms with E-state index in [4.69, 9.17) is 10.5 Å². The number of hydrogen-bond acceptors (Lipinski definition) is 5. The summed E-state index contributed by atoms with van der Waals surface area (Å²) in [5.74, 6) is 0.563. The molecule has 0 saturated carbocycles. The third-order valence-corrected chi connectivity index (χ3v) is 3.42. The van der Waals surface area contributed by atoms with Gasteiger partial charge in [-0.3, -0.25) is 9.58 Å². The Morgan fingerprint density at radius 2 is 2.10 bits per heavy atom. The molecular weight excluding hydrogens is 258 g/mol. The Labute approximate surface area is 119 Å². The lowest BCUT2D eigenvalue weighted by atomic mass is 10.3. The van der Waals surface area contributed by atoms with Gasteiger partial charge < -0.3 is 15.4 Å². The molecule has 0 bridgehead atoms. The summed E-state index contributed by atoms with van der Waals surface area (Å²) in [6, 6.07) is 1.80. The van der Waals surface area contributed by atoms with Crippen molar-refractivity contribution in [3.63, 3.8) is 0 Å². The van der Waals surface area contributed by atoms with Gasteiger partial charge in [-0.2, -0.15) is 5.10 Å². The lowest BCUT2D eigenvalue weighted by molar-refractivity contribution is 0.0790. The van der Waals surface area contributed by atoms with E-state index in [1.165, 1.54) is 0 Å². The molecule has 1 aromatic rings. The topological polar surface area (TPSA) is 76.6 Å². The van der Waals surface area contributed by atoms with E-state index in [0.29, 0.717) is 12.4 Å². The molecule has 1 aliphatic heterocycles. The molecule has 0 aliphatic carbocycles. The number of amides is 1. The van der Waals surface area contributed by atoms with Crippen LogP contribution in [0.1, 0.15) is 13.3 Å². The standard InChI is InChI=1S/C13H23N5O2/c1-2-20-13(19)17-10-8-16(9-11-17)5-3-6-18-7-4-12(14)15-18/h4,7H,2-3,5-6,8-11H2,1H3,(H2,14,15). The number of anilines is 1. The fourth-order valence-corrected chi connectivity index (χ4v) is 2.33. The molecule has 1 amide bonds. The van der Waals surface area contributed by atoms with Crippen LogP contribution in [0.15, 0.2) is 12.3 Å². The fourth-order valence-electron chi connectivity index (χ4n) is 2.33. The molecule has 2 rings (SSSR count). The van der Waals surface area contributed by atoms with Crippen molar-refractivity contribution in [1.29, 1.82) is 0 Å². The Hall–Kier alpha value is -1.76. The maximum Gasteiger partial charge on any atom is 0.409 e. The van der Waals surface area contributed by atoms with Crippen LogP contribution in [-0.2, 0) is 11.3 Å². The summed E-state index contributed by atoms with van der Waals surface area (Å²) < 4.78 is 6.87. The molecule has 20 heavy (non-hydrogen) atoms. The van der Waals surface area contributed by atoms with E-state index in [1.54, 1.807) is 11.0 Å². The summed E-state index contributed by atoms with van der Waals surface area (Å²) in [4.78, 5) is 15.7. The first-order chi connectivity index (χ1) is 9.69. The number of ether oxygens (including phenoxy) is 1. The van der Waals surface area contributed by atoms with Crippen molar-refractivity contribution >= 4 is 11.9 Å². The van der Waals surface area contributed by atoms with Crippen molar-refractivity contribution in [2.75, 3.05) is 45.1 Å². The summed E-state index contributed by atoms with van der Waals surface area (Å²) in [7, 11) is 0. The third-order valence-electron chi connectivity index (χ3n) is 3.42. The number of aromatic nitrogens is 2. The van der Waals surface area contributed by atoms with E-state index in [2.05, 4.69) is 10.00 Å². The number of carbonyl (C=O) groups is 1. The molecule has 0 radical (unpaired) electrons. The predicted octanol–water partition coefficient (Wildman–Crippen LogP) is 0.630. The van der Waals surface area contributed by atoms with Gasteiger partial charge in [0.05, 0.1) is 6.61 Å². The van der Waals surface area contributed by atoms with Crippen LogP contribution in [0.2, 0.25) is 0 Å². The highest BCUT2D eigenvalue weighted by atomic mass is 16.6. The van der Waals surface area contributed by atoms with Gasteiger partial charge in [0.1, 0.15) is 5.82 Å². The van der Waals surface area contributed by atoms with Gasteiger partial charge in [0.25, 0.3) is 0 Å². The Balaban J connectivity index is 1.63. The summed E-state index contributed by atoms with van der Waals surface area (Å²) in [6.07, 6.45) is 2.73. The second-order valence-corrected chi connectivity index (χ2v) is 4.88. The van der Waals surface area contributed by atoms with Crippen LogP contribution in [0.25, 0.3) is 0 Å². The van der Waals surface area contributed by atoms with E-state index in [0.717, 1.165) is 45.7 Å². The SMILES string of the molecule is CCOC(=O)N1CCN(CCCn2ccc(N)n2)CC1. The summed E-state index contributed by atoms with van der Waals surface area (Å²) in [6.45, 7) is 7.44. The molecule has 1 saturated heterocycles. The number of nitrogens with zero attached hydrogens (tertiary/aromatic N) is 4. The van der Waals surface area contributed by atoms with E-state index in [-0.39, 0.29) is 6.09 Å². The molecule has 1 aromatic heterocycles. The highest BCUT2D eigenvalue weighted by molar-refractivity contribution is 5.67. The zero-order chi connectivity index (χ0) is 14.4. The lowest BCUT2D eigenvalue weighted by Gasteiger charge is -2.33. The lowest BCUT2D eigenvalue weighted by Crippen LogP contribution is -2.49. The summed E-state index contributed by atoms with van der Waals surface area (Å²) >= 11 is 0. The van der Waals surface area contributed by atoms with E-state index < -0.39 is 0 Å². The molecule has 0 aromatic carbocycles. The van der Waals surface area contributed by atoms with Crippen molar-refractivity contribution in [3.05, 3.63) is 12.3 Å². The number of carbonyl (C=O) groups excluding carboxylic acids is 1. The molecule has 1 fully saturated rings. The molecule has 2 heterocycles. The second kappa shape index (κ2) is 7.14. The molecule has 1 aliphatic rings. The van der Waals surface area contributed by atoms with Crippen molar-refractivity contribution in [3.8, 4) is 0 Å². The largest absolute Gasteiger partial charge is 0.450 e. The highest BCUT2D eigenvalue weighted by Gasteiger charge is 2.21. The van der Waals surface area contributed by atoms with Gasteiger partial charge in [0.2, 0.25) is 0 Å². The van der Waals surface area contributed by atoms with Crippen LogP contribution in [-0.4, -0.2) is 65.0 Å². The Morgan fingerprint density at radius 1 is 1.35 bits per heavy atom. The van der Waals surface area contributed by atoms with Gasteiger partial charge in [-0.25, -0.2) is 4.79 Å². The summed E-state index contributed by atoms with van der Waals surface area (Å²) in [5.41, 5.74) is 5.57. The second-order valence-electron chi connectivity index (χ2n) is 4.88. The predicted molar refractivity (Wildman–Crippen MR) is 76.3 cm³/mol. The van der Waals surface area contributed by atoms with Gasteiger partial charge in [0, 0.05) is 45.5 Å². The van der Waals surface area contributed by atoms with Gasteiger partial charge >= 0.3 is 6.09 Å². The molecule has 2 N–H and O–H groups in total. The Kier molecular flexibility index (Phi) is 5.23. The van der Waals surface area contributed by atoms with Gasteiger partial charge in [-0.05, 0) is 19.4 Å². The van der Waals surface area contributed by atoms with Crippen LogP contribution in [0.5, 0.6) is 0 Å². The molecule has 0 unspecified atom stereocenters. The van der Waals surface area contributed by atoms with Crippen molar-refractivity contribution in [1.82, 2.24) is 19.6 Å². The van der Waals surface area contributed by atoms with Crippen molar-refractivity contribution < 1.29 is 9.53 Å². The zero-order valence-corrected chi connectivity index (χ0v) is 12.0.